The summed E-state index contributed by atoms with van der Waals surface area (Å²) < 4.78 is 18.9. The van der Waals surface area contributed by atoms with Crippen molar-refractivity contribution in [3.05, 3.63) is 95.8 Å². The van der Waals surface area contributed by atoms with E-state index in [9.17, 15) is 9.18 Å². The molecule has 174 valence electrons. The monoisotopic (exact) mass is 467 g/mol. The molecule has 0 bridgehead atoms. The molecule has 5 rings (SSSR count). The number of imidazole rings is 1. The lowest BCUT2D eigenvalue weighted by atomic mass is 10.0. The summed E-state index contributed by atoms with van der Waals surface area (Å²) in [6.07, 6.45) is 1.50. The third-order valence-electron chi connectivity index (χ3n) is 5.59. The number of nitrogens with zero attached hydrogens (tertiary/aromatic N) is 3. The Kier molecular flexibility index (Phi) is 5.93. The zero-order chi connectivity index (χ0) is 24.4. The fourth-order valence-electron chi connectivity index (χ4n) is 3.87. The molecule has 0 aliphatic carbocycles. The molecule has 0 aliphatic heterocycles. The van der Waals surface area contributed by atoms with Crippen LogP contribution in [-0.2, 0) is 11.3 Å². The molecule has 0 amide bonds. The summed E-state index contributed by atoms with van der Waals surface area (Å²) in [6.45, 7) is 2.22. The molecule has 0 saturated heterocycles. The second kappa shape index (κ2) is 9.34. The maximum absolute atomic E-state index is 14.1. The number of carbonyl (C=O) groups excluding carboxylic acids is 1. The van der Waals surface area contributed by atoms with Crippen LogP contribution in [0, 0.1) is 12.7 Å². The standard InChI is InChI=1S/C27H22FN5O2/c1-16-6-5-9-23(31-16)26-25(32-24(33-26)15-30-22-8-4-3-7-20(22)28)17-10-11-21-18(12-17)13-19(14-29-21)27(34)35-2/h3-14,30H,15H2,1-2H3,(H,32,33). The number of hydrogen-bond donors (Lipinski definition) is 2. The normalized spacial score (nSPS) is 10.9. The number of nitrogens with one attached hydrogen (secondary N) is 2. The second-order valence-corrected chi connectivity index (χ2v) is 8.03. The number of aromatic amines is 1. The average Bonchev–Trinajstić information content (AvgIpc) is 3.31. The third-order valence-corrected chi connectivity index (χ3v) is 5.59. The van der Waals surface area contributed by atoms with Crippen LogP contribution in [0.3, 0.4) is 0 Å². The largest absolute Gasteiger partial charge is 0.465 e. The van der Waals surface area contributed by atoms with Crippen molar-refractivity contribution in [2.75, 3.05) is 12.4 Å². The number of carbonyl (C=O) groups is 1. The lowest BCUT2D eigenvalue weighted by Crippen LogP contribution is -2.03. The van der Waals surface area contributed by atoms with Crippen LogP contribution < -0.4 is 5.32 Å². The zero-order valence-corrected chi connectivity index (χ0v) is 19.2. The molecule has 0 fully saturated rings. The van der Waals surface area contributed by atoms with E-state index in [-0.39, 0.29) is 5.82 Å². The van der Waals surface area contributed by atoms with Gasteiger partial charge in [-0.25, -0.2) is 14.2 Å². The smallest absolute Gasteiger partial charge is 0.339 e. The van der Waals surface area contributed by atoms with Crippen molar-refractivity contribution in [3.63, 3.8) is 0 Å². The van der Waals surface area contributed by atoms with Gasteiger partial charge in [-0.15, -0.1) is 0 Å². The first-order chi connectivity index (χ1) is 17.0. The van der Waals surface area contributed by atoms with Crippen molar-refractivity contribution in [2.45, 2.75) is 13.5 Å². The Morgan fingerprint density at radius 1 is 1.06 bits per heavy atom. The predicted octanol–water partition coefficient (Wildman–Crippen LogP) is 5.53. The SMILES string of the molecule is COC(=O)c1cnc2ccc(-c3nc(CNc4ccccc4F)[nH]c3-c3cccc(C)n3)cc2c1. The molecule has 5 aromatic rings. The average molecular weight is 468 g/mol. The summed E-state index contributed by atoms with van der Waals surface area (Å²) in [7, 11) is 1.34. The van der Waals surface area contributed by atoms with E-state index >= 15 is 0 Å². The molecule has 0 aliphatic rings. The lowest BCUT2D eigenvalue weighted by molar-refractivity contribution is 0.0600. The highest BCUT2D eigenvalue weighted by Crippen LogP contribution is 2.31. The van der Waals surface area contributed by atoms with E-state index in [0.717, 1.165) is 33.5 Å². The van der Waals surface area contributed by atoms with E-state index in [1.54, 1.807) is 24.3 Å². The van der Waals surface area contributed by atoms with Gasteiger partial charge < -0.3 is 15.0 Å². The molecular weight excluding hydrogens is 445 g/mol. The summed E-state index contributed by atoms with van der Waals surface area (Å²) in [5.41, 5.74) is 5.39. The number of aromatic nitrogens is 4. The van der Waals surface area contributed by atoms with Crippen LogP contribution >= 0.6 is 0 Å². The van der Waals surface area contributed by atoms with E-state index in [1.807, 2.05) is 43.3 Å². The van der Waals surface area contributed by atoms with Gasteiger partial charge in [-0.1, -0.05) is 24.3 Å². The first kappa shape index (κ1) is 22.2. The molecule has 0 atom stereocenters. The summed E-state index contributed by atoms with van der Waals surface area (Å²) >= 11 is 0. The van der Waals surface area contributed by atoms with Crippen LogP contribution in [0.25, 0.3) is 33.5 Å². The summed E-state index contributed by atoms with van der Waals surface area (Å²) in [5, 5.41) is 3.87. The van der Waals surface area contributed by atoms with Gasteiger partial charge in [-0.2, -0.15) is 0 Å². The first-order valence-corrected chi connectivity index (χ1v) is 11.0. The third kappa shape index (κ3) is 4.59. The number of benzene rings is 2. The summed E-state index contributed by atoms with van der Waals surface area (Å²) in [4.78, 5) is 29.2. The Morgan fingerprint density at radius 3 is 2.71 bits per heavy atom. The van der Waals surface area contributed by atoms with Gasteiger partial charge in [0.05, 0.1) is 47.5 Å². The Balaban J connectivity index is 1.57. The fraction of sp³-hybridized carbons (Fsp3) is 0.111. The minimum atomic E-state index is -0.448. The predicted molar refractivity (Wildman–Crippen MR) is 132 cm³/mol. The number of halogens is 1. The van der Waals surface area contributed by atoms with Crippen LogP contribution in [-0.4, -0.2) is 33.0 Å². The molecule has 35 heavy (non-hydrogen) atoms. The first-order valence-electron chi connectivity index (χ1n) is 11.0. The number of esters is 1. The molecule has 0 radical (unpaired) electrons. The zero-order valence-electron chi connectivity index (χ0n) is 19.2. The molecule has 3 heterocycles. The van der Waals surface area contributed by atoms with Crippen molar-refractivity contribution < 1.29 is 13.9 Å². The van der Waals surface area contributed by atoms with Gasteiger partial charge in [-0.05, 0) is 49.4 Å². The Labute approximate surface area is 201 Å². The van der Waals surface area contributed by atoms with E-state index in [4.69, 9.17) is 9.72 Å². The molecule has 2 aromatic carbocycles. The molecule has 0 unspecified atom stereocenters. The van der Waals surface area contributed by atoms with E-state index < -0.39 is 5.97 Å². The van der Waals surface area contributed by atoms with Crippen molar-refractivity contribution in [3.8, 4) is 22.6 Å². The fourth-order valence-corrected chi connectivity index (χ4v) is 3.87. The molecule has 0 spiro atoms. The van der Waals surface area contributed by atoms with Crippen LogP contribution in [0.2, 0.25) is 0 Å². The van der Waals surface area contributed by atoms with Crippen molar-refractivity contribution >= 4 is 22.6 Å². The number of fused-ring (bicyclic) bond motifs is 1. The number of para-hydroxylation sites is 1. The van der Waals surface area contributed by atoms with Crippen molar-refractivity contribution in [2.24, 2.45) is 0 Å². The van der Waals surface area contributed by atoms with Gasteiger partial charge in [0.15, 0.2) is 0 Å². The molecule has 2 N–H and O–H groups in total. The van der Waals surface area contributed by atoms with Crippen LogP contribution in [0.4, 0.5) is 10.1 Å². The molecule has 8 heteroatoms. The van der Waals surface area contributed by atoms with E-state index in [0.29, 0.717) is 29.3 Å². The molecular formula is C27H22FN5O2. The van der Waals surface area contributed by atoms with E-state index in [1.165, 1.54) is 19.4 Å². The van der Waals surface area contributed by atoms with Gasteiger partial charge in [-0.3, -0.25) is 9.97 Å². The van der Waals surface area contributed by atoms with Gasteiger partial charge in [0.1, 0.15) is 11.6 Å². The number of anilines is 1. The number of hydrogen-bond acceptors (Lipinski definition) is 6. The van der Waals surface area contributed by atoms with Gasteiger partial charge in [0, 0.05) is 22.8 Å². The van der Waals surface area contributed by atoms with Gasteiger partial charge in [0.25, 0.3) is 0 Å². The topological polar surface area (TPSA) is 92.8 Å². The maximum Gasteiger partial charge on any atom is 0.339 e. The van der Waals surface area contributed by atoms with Crippen LogP contribution in [0.5, 0.6) is 0 Å². The van der Waals surface area contributed by atoms with Crippen LogP contribution in [0.1, 0.15) is 21.9 Å². The minimum Gasteiger partial charge on any atom is -0.465 e. The molecule has 3 aromatic heterocycles. The number of pyridine rings is 2. The number of ether oxygens (including phenoxy) is 1. The van der Waals surface area contributed by atoms with Crippen molar-refractivity contribution in [1.82, 2.24) is 19.9 Å². The molecule has 7 nitrogen and oxygen atoms in total. The highest BCUT2D eigenvalue weighted by Gasteiger charge is 2.17. The lowest BCUT2D eigenvalue weighted by Gasteiger charge is -2.06. The Hall–Kier alpha value is -4.59. The second-order valence-electron chi connectivity index (χ2n) is 8.03. The number of methoxy groups -OCH3 is 1. The maximum atomic E-state index is 14.1. The highest BCUT2D eigenvalue weighted by atomic mass is 19.1. The van der Waals surface area contributed by atoms with Gasteiger partial charge >= 0.3 is 5.97 Å². The highest BCUT2D eigenvalue weighted by molar-refractivity contribution is 5.95. The number of H-pyrrole nitrogens is 1. The quantitative estimate of drug-likeness (QED) is 0.319. The number of rotatable bonds is 6. The summed E-state index contributed by atoms with van der Waals surface area (Å²) in [5.74, 6) is -0.151. The van der Waals surface area contributed by atoms with Crippen molar-refractivity contribution in [1.29, 1.82) is 0 Å². The number of aryl methyl sites for hydroxylation is 1. The van der Waals surface area contributed by atoms with Gasteiger partial charge in [0.2, 0.25) is 0 Å². The van der Waals surface area contributed by atoms with E-state index in [2.05, 4.69) is 20.3 Å². The van der Waals surface area contributed by atoms with Crippen LogP contribution in [0.15, 0.2) is 72.9 Å². The Morgan fingerprint density at radius 2 is 1.91 bits per heavy atom. The minimum absolute atomic E-state index is 0.293. The summed E-state index contributed by atoms with van der Waals surface area (Å²) in [6, 6.07) is 19.8. The molecule has 0 saturated carbocycles. The Bertz CT molecular complexity index is 1550.